The third-order valence-electron chi connectivity index (χ3n) is 2.97. The van der Waals surface area contributed by atoms with E-state index in [1.54, 1.807) is 25.8 Å². The first-order valence-corrected chi connectivity index (χ1v) is 6.59. The Hall–Kier alpha value is -1.35. The summed E-state index contributed by atoms with van der Waals surface area (Å²) in [6.45, 7) is 10.1. The van der Waals surface area contributed by atoms with E-state index in [1.165, 1.54) is 5.56 Å². The zero-order valence-corrected chi connectivity index (χ0v) is 12.8. The highest BCUT2D eigenvalue weighted by molar-refractivity contribution is 5.94. The molecule has 1 rings (SSSR count). The zero-order chi connectivity index (χ0) is 14.8. The largest absolute Gasteiger partial charge is 0.389 e. The van der Waals surface area contributed by atoms with Crippen LogP contribution in [0.1, 0.15) is 50.5 Å². The molecule has 0 saturated heterocycles. The monoisotopic (exact) mass is 263 g/mol. The fourth-order valence-corrected chi connectivity index (χ4v) is 1.99. The molecule has 0 heterocycles. The Balaban J connectivity index is 2.84. The first-order valence-electron chi connectivity index (χ1n) is 6.59. The van der Waals surface area contributed by atoms with Crippen molar-refractivity contribution in [2.45, 2.75) is 45.6 Å². The second-order valence-corrected chi connectivity index (χ2v) is 6.80. The average molecular weight is 263 g/mol. The number of carbonyl (C=O) groups excluding carboxylic acids is 1. The molecule has 3 heteroatoms. The van der Waals surface area contributed by atoms with Crippen molar-refractivity contribution in [1.82, 2.24) is 4.90 Å². The minimum atomic E-state index is -0.879. The van der Waals surface area contributed by atoms with Crippen molar-refractivity contribution in [2.75, 3.05) is 13.6 Å². The summed E-state index contributed by atoms with van der Waals surface area (Å²) in [4.78, 5) is 13.7. The van der Waals surface area contributed by atoms with Crippen molar-refractivity contribution >= 4 is 5.91 Å². The molecule has 0 radical (unpaired) electrons. The molecule has 0 saturated carbocycles. The van der Waals surface area contributed by atoms with Gasteiger partial charge in [-0.05, 0) is 37.0 Å². The van der Waals surface area contributed by atoms with Crippen LogP contribution in [0.5, 0.6) is 0 Å². The van der Waals surface area contributed by atoms with E-state index >= 15 is 0 Å². The predicted molar refractivity (Wildman–Crippen MR) is 78.4 cm³/mol. The van der Waals surface area contributed by atoms with Crippen molar-refractivity contribution in [3.63, 3.8) is 0 Å². The summed E-state index contributed by atoms with van der Waals surface area (Å²) in [7, 11) is 1.71. The van der Waals surface area contributed by atoms with Crippen molar-refractivity contribution in [3.05, 3.63) is 35.4 Å². The molecule has 0 atom stereocenters. The number of rotatable bonds is 3. The van der Waals surface area contributed by atoms with E-state index in [0.717, 1.165) is 0 Å². The molecule has 0 aromatic heterocycles. The maximum absolute atomic E-state index is 12.2. The number of likely N-dealkylation sites (N-methyl/N-ethyl adjacent to an activating group) is 1. The van der Waals surface area contributed by atoms with Gasteiger partial charge < -0.3 is 10.0 Å². The van der Waals surface area contributed by atoms with Gasteiger partial charge in [0.25, 0.3) is 5.91 Å². The van der Waals surface area contributed by atoms with Gasteiger partial charge in [0.2, 0.25) is 0 Å². The first kappa shape index (κ1) is 15.7. The minimum Gasteiger partial charge on any atom is -0.389 e. The molecular formula is C16H25NO2. The van der Waals surface area contributed by atoms with Crippen molar-refractivity contribution in [1.29, 1.82) is 0 Å². The van der Waals surface area contributed by atoms with Crippen LogP contribution in [0.25, 0.3) is 0 Å². The minimum absolute atomic E-state index is 0.0671. The average Bonchev–Trinajstić information content (AvgIpc) is 2.24. The lowest BCUT2D eigenvalue weighted by atomic mass is 9.86. The number of aliphatic hydroxyl groups is 1. The summed E-state index contributed by atoms with van der Waals surface area (Å²) in [5, 5.41) is 9.74. The number of amides is 1. The molecule has 0 unspecified atom stereocenters. The predicted octanol–water partition coefficient (Wildman–Crippen LogP) is 2.83. The summed E-state index contributed by atoms with van der Waals surface area (Å²) in [6, 6.07) is 7.68. The number of hydrogen-bond donors (Lipinski definition) is 1. The second kappa shape index (κ2) is 5.33. The molecule has 1 aromatic carbocycles. The van der Waals surface area contributed by atoms with Gasteiger partial charge in [-0.25, -0.2) is 0 Å². The Bertz CT molecular complexity index is 435. The zero-order valence-electron chi connectivity index (χ0n) is 12.8. The van der Waals surface area contributed by atoms with Gasteiger partial charge in [0.15, 0.2) is 0 Å². The summed E-state index contributed by atoms with van der Waals surface area (Å²) in [6.07, 6.45) is 0. The highest BCUT2D eigenvalue weighted by Crippen LogP contribution is 2.22. The van der Waals surface area contributed by atoms with Crippen LogP contribution in [-0.4, -0.2) is 35.1 Å². The normalized spacial score (nSPS) is 12.4. The van der Waals surface area contributed by atoms with E-state index < -0.39 is 5.60 Å². The van der Waals surface area contributed by atoms with Crippen LogP contribution >= 0.6 is 0 Å². The van der Waals surface area contributed by atoms with Gasteiger partial charge in [-0.1, -0.05) is 32.9 Å². The standard InChI is InChI=1S/C16H25NO2/c1-15(2,3)13-9-7-12(8-10-13)14(18)17(6)11-16(4,5)19/h7-10,19H,11H2,1-6H3. The number of benzene rings is 1. The SMILES string of the molecule is CN(CC(C)(C)O)C(=O)c1ccc(C(C)(C)C)cc1. The Morgan fingerprint density at radius 3 is 1.95 bits per heavy atom. The molecule has 0 fully saturated rings. The lowest BCUT2D eigenvalue weighted by Crippen LogP contribution is -2.39. The van der Waals surface area contributed by atoms with Crippen LogP contribution in [0.3, 0.4) is 0 Å². The third-order valence-corrected chi connectivity index (χ3v) is 2.97. The molecule has 1 amide bonds. The van der Waals surface area contributed by atoms with Crippen molar-refractivity contribution < 1.29 is 9.90 Å². The Morgan fingerprint density at radius 2 is 1.58 bits per heavy atom. The van der Waals surface area contributed by atoms with E-state index in [9.17, 15) is 9.90 Å². The molecule has 1 N–H and O–H groups in total. The third kappa shape index (κ3) is 4.67. The fraction of sp³-hybridized carbons (Fsp3) is 0.562. The van der Waals surface area contributed by atoms with Crippen LogP contribution in [0.4, 0.5) is 0 Å². The van der Waals surface area contributed by atoms with Gasteiger partial charge in [0.1, 0.15) is 0 Å². The quantitative estimate of drug-likeness (QED) is 0.911. The molecule has 0 spiro atoms. The van der Waals surface area contributed by atoms with E-state index in [4.69, 9.17) is 0 Å². The number of hydrogen-bond acceptors (Lipinski definition) is 2. The van der Waals surface area contributed by atoms with Crippen LogP contribution in [0.15, 0.2) is 24.3 Å². The van der Waals surface area contributed by atoms with Gasteiger partial charge in [-0.3, -0.25) is 4.79 Å². The fourth-order valence-electron chi connectivity index (χ4n) is 1.99. The molecule has 0 aliphatic rings. The van der Waals surface area contributed by atoms with Crippen LogP contribution in [0, 0.1) is 0 Å². The Labute approximate surface area is 116 Å². The molecule has 0 bridgehead atoms. The second-order valence-electron chi connectivity index (χ2n) is 6.80. The topological polar surface area (TPSA) is 40.5 Å². The van der Waals surface area contributed by atoms with Gasteiger partial charge in [0, 0.05) is 19.2 Å². The summed E-state index contributed by atoms with van der Waals surface area (Å²) < 4.78 is 0. The molecule has 106 valence electrons. The van der Waals surface area contributed by atoms with E-state index in [2.05, 4.69) is 20.8 Å². The highest BCUT2D eigenvalue weighted by atomic mass is 16.3. The summed E-state index contributed by atoms with van der Waals surface area (Å²) >= 11 is 0. The molecule has 1 aromatic rings. The molecular weight excluding hydrogens is 238 g/mol. The smallest absolute Gasteiger partial charge is 0.253 e. The van der Waals surface area contributed by atoms with E-state index in [0.29, 0.717) is 12.1 Å². The van der Waals surface area contributed by atoms with Crippen molar-refractivity contribution in [2.24, 2.45) is 0 Å². The van der Waals surface area contributed by atoms with Gasteiger partial charge in [0.05, 0.1) is 5.60 Å². The molecule has 0 aliphatic heterocycles. The van der Waals surface area contributed by atoms with Gasteiger partial charge in [-0.2, -0.15) is 0 Å². The number of carbonyl (C=O) groups is 1. The highest BCUT2D eigenvalue weighted by Gasteiger charge is 2.21. The number of nitrogens with zero attached hydrogens (tertiary/aromatic N) is 1. The van der Waals surface area contributed by atoms with Crippen LogP contribution < -0.4 is 0 Å². The molecule has 19 heavy (non-hydrogen) atoms. The van der Waals surface area contributed by atoms with E-state index in [1.807, 2.05) is 24.3 Å². The molecule has 3 nitrogen and oxygen atoms in total. The van der Waals surface area contributed by atoms with Crippen molar-refractivity contribution in [3.8, 4) is 0 Å². The maximum Gasteiger partial charge on any atom is 0.253 e. The van der Waals surface area contributed by atoms with Crippen LogP contribution in [0.2, 0.25) is 0 Å². The lowest BCUT2D eigenvalue weighted by Gasteiger charge is -2.26. The summed E-state index contributed by atoms with van der Waals surface area (Å²) in [5.41, 5.74) is 1.06. The Morgan fingerprint density at radius 1 is 1.11 bits per heavy atom. The molecule has 0 aliphatic carbocycles. The van der Waals surface area contributed by atoms with E-state index in [-0.39, 0.29) is 11.3 Å². The van der Waals surface area contributed by atoms with Crippen LogP contribution in [-0.2, 0) is 5.41 Å². The lowest BCUT2D eigenvalue weighted by molar-refractivity contribution is 0.0368. The van der Waals surface area contributed by atoms with Gasteiger partial charge >= 0.3 is 0 Å². The van der Waals surface area contributed by atoms with Gasteiger partial charge in [-0.15, -0.1) is 0 Å². The summed E-state index contributed by atoms with van der Waals surface area (Å²) in [5.74, 6) is -0.0671. The first-order chi connectivity index (χ1) is 8.50. The Kier molecular flexibility index (Phi) is 4.41. The maximum atomic E-state index is 12.2.